The van der Waals surface area contributed by atoms with Crippen LogP contribution >= 0.6 is 11.3 Å². The Morgan fingerprint density at radius 1 is 1.07 bits per heavy atom. The number of hydrogen-bond donors (Lipinski definition) is 0. The lowest BCUT2D eigenvalue weighted by Gasteiger charge is -2.29. The lowest BCUT2D eigenvalue weighted by Crippen LogP contribution is -2.28. The fraction of sp³-hybridized carbons (Fsp3) is 0.304. The number of rotatable bonds is 2. The van der Waals surface area contributed by atoms with E-state index in [0.29, 0.717) is 13.0 Å². The second kappa shape index (κ2) is 6.45. The second-order valence-electron chi connectivity index (χ2n) is 8.26. The molecule has 0 bridgehead atoms. The Hall–Kier alpha value is -2.66. The Bertz CT molecular complexity index is 1060. The summed E-state index contributed by atoms with van der Waals surface area (Å²) in [6.07, 6.45) is 1.45. The number of nitrogens with zero attached hydrogens (tertiary/aromatic N) is 2. The number of ketones is 1. The first-order valence-electron chi connectivity index (χ1n) is 9.63. The van der Waals surface area contributed by atoms with E-state index in [2.05, 4.69) is 49.1 Å². The van der Waals surface area contributed by atoms with Gasteiger partial charge in [0.1, 0.15) is 12.4 Å². The predicted molar refractivity (Wildman–Crippen MR) is 113 cm³/mol. The SMILES string of the molecule is CC1(C)CC(=O)c2sc(N3CCOc4cc(-c5ccccc5)ccc43)nc2C1. The van der Waals surface area contributed by atoms with Crippen LogP contribution in [0.1, 0.15) is 35.6 Å². The van der Waals surface area contributed by atoms with Crippen LogP contribution in [0.4, 0.5) is 10.8 Å². The highest BCUT2D eigenvalue weighted by atomic mass is 32.1. The number of carbonyl (C=O) groups is 1. The third-order valence-electron chi connectivity index (χ3n) is 5.39. The van der Waals surface area contributed by atoms with Crippen LogP contribution in [-0.2, 0) is 6.42 Å². The zero-order chi connectivity index (χ0) is 19.3. The van der Waals surface area contributed by atoms with Crippen molar-refractivity contribution >= 4 is 27.9 Å². The molecule has 0 atom stereocenters. The third kappa shape index (κ3) is 3.00. The van der Waals surface area contributed by atoms with E-state index in [0.717, 1.165) is 45.7 Å². The third-order valence-corrected chi connectivity index (χ3v) is 6.55. The van der Waals surface area contributed by atoms with Crippen molar-refractivity contribution in [3.05, 3.63) is 59.1 Å². The van der Waals surface area contributed by atoms with E-state index in [1.165, 1.54) is 16.9 Å². The van der Waals surface area contributed by atoms with Gasteiger partial charge in [0.2, 0.25) is 0 Å². The number of thiazole rings is 1. The van der Waals surface area contributed by atoms with Crippen LogP contribution in [0.2, 0.25) is 0 Å². The van der Waals surface area contributed by atoms with Crippen LogP contribution in [0.3, 0.4) is 0 Å². The normalized spacial score (nSPS) is 17.6. The summed E-state index contributed by atoms with van der Waals surface area (Å²) in [6.45, 7) is 5.63. The largest absolute Gasteiger partial charge is 0.490 e. The van der Waals surface area contributed by atoms with Gasteiger partial charge in [0.25, 0.3) is 0 Å². The van der Waals surface area contributed by atoms with Gasteiger partial charge in [-0.05, 0) is 35.1 Å². The van der Waals surface area contributed by atoms with Crippen LogP contribution < -0.4 is 9.64 Å². The van der Waals surface area contributed by atoms with Crippen molar-refractivity contribution in [3.63, 3.8) is 0 Å². The highest BCUT2D eigenvalue weighted by molar-refractivity contribution is 7.17. The maximum atomic E-state index is 12.6. The average Bonchev–Trinajstić information content (AvgIpc) is 3.10. The molecular formula is C23H22N2O2S. The summed E-state index contributed by atoms with van der Waals surface area (Å²) in [7, 11) is 0. The smallest absolute Gasteiger partial charge is 0.190 e. The van der Waals surface area contributed by atoms with Crippen molar-refractivity contribution < 1.29 is 9.53 Å². The molecule has 2 heterocycles. The molecule has 0 N–H and O–H groups in total. The molecule has 0 radical (unpaired) electrons. The van der Waals surface area contributed by atoms with E-state index in [1.54, 1.807) is 0 Å². The molecule has 0 saturated carbocycles. The Labute approximate surface area is 168 Å². The number of hydrogen-bond acceptors (Lipinski definition) is 5. The molecular weight excluding hydrogens is 368 g/mol. The van der Waals surface area contributed by atoms with Gasteiger partial charge in [0, 0.05) is 6.42 Å². The average molecular weight is 391 g/mol. The summed E-state index contributed by atoms with van der Waals surface area (Å²) < 4.78 is 5.96. The summed E-state index contributed by atoms with van der Waals surface area (Å²) in [5.74, 6) is 1.09. The van der Waals surface area contributed by atoms with E-state index in [4.69, 9.17) is 9.72 Å². The number of ether oxygens (including phenoxy) is 1. The van der Waals surface area contributed by atoms with E-state index in [9.17, 15) is 4.79 Å². The van der Waals surface area contributed by atoms with Crippen molar-refractivity contribution in [3.8, 4) is 16.9 Å². The van der Waals surface area contributed by atoms with Crippen molar-refractivity contribution in [1.82, 2.24) is 4.98 Å². The van der Waals surface area contributed by atoms with Gasteiger partial charge < -0.3 is 9.64 Å². The van der Waals surface area contributed by atoms with Gasteiger partial charge >= 0.3 is 0 Å². The van der Waals surface area contributed by atoms with Gasteiger partial charge in [-0.3, -0.25) is 4.79 Å². The van der Waals surface area contributed by atoms with Crippen molar-refractivity contribution in [1.29, 1.82) is 0 Å². The predicted octanol–water partition coefficient (Wildman–Crippen LogP) is 5.50. The minimum Gasteiger partial charge on any atom is -0.490 e. The molecule has 1 aliphatic carbocycles. The molecule has 5 heteroatoms. The van der Waals surface area contributed by atoms with Crippen molar-refractivity contribution in [2.45, 2.75) is 26.7 Å². The van der Waals surface area contributed by atoms with Gasteiger partial charge in [-0.2, -0.15) is 0 Å². The Morgan fingerprint density at radius 2 is 1.89 bits per heavy atom. The molecule has 1 aromatic heterocycles. The summed E-state index contributed by atoms with van der Waals surface area (Å²) in [6, 6.07) is 16.6. The number of fused-ring (bicyclic) bond motifs is 2. The highest BCUT2D eigenvalue weighted by Gasteiger charge is 2.35. The molecule has 0 spiro atoms. The molecule has 5 rings (SSSR count). The zero-order valence-electron chi connectivity index (χ0n) is 16.1. The van der Waals surface area contributed by atoms with Crippen LogP contribution in [0.15, 0.2) is 48.5 Å². The topological polar surface area (TPSA) is 42.4 Å². The van der Waals surface area contributed by atoms with E-state index >= 15 is 0 Å². The molecule has 0 amide bonds. The van der Waals surface area contributed by atoms with Gasteiger partial charge in [0.05, 0.1) is 22.8 Å². The van der Waals surface area contributed by atoms with Gasteiger partial charge in [0.15, 0.2) is 10.9 Å². The molecule has 2 aromatic carbocycles. The first kappa shape index (κ1) is 17.4. The summed E-state index contributed by atoms with van der Waals surface area (Å²) in [4.78, 5) is 20.5. The van der Waals surface area contributed by atoms with Crippen LogP contribution in [0.25, 0.3) is 11.1 Å². The fourth-order valence-corrected chi connectivity index (χ4v) is 5.11. The minimum absolute atomic E-state index is 0.0110. The van der Waals surface area contributed by atoms with Crippen molar-refractivity contribution in [2.75, 3.05) is 18.1 Å². The number of Topliss-reactive ketones (excluding diaryl/α,β-unsaturated/α-hetero) is 1. The Morgan fingerprint density at radius 3 is 2.71 bits per heavy atom. The summed E-state index contributed by atoms with van der Waals surface area (Å²) >= 11 is 1.52. The molecule has 1 aliphatic heterocycles. The van der Waals surface area contributed by atoms with Crippen LogP contribution in [0, 0.1) is 5.41 Å². The first-order valence-corrected chi connectivity index (χ1v) is 10.4. The van der Waals surface area contributed by atoms with Gasteiger partial charge in [-0.1, -0.05) is 61.6 Å². The monoisotopic (exact) mass is 390 g/mol. The maximum absolute atomic E-state index is 12.6. The first-order chi connectivity index (χ1) is 13.5. The van der Waals surface area contributed by atoms with Crippen LogP contribution in [-0.4, -0.2) is 23.9 Å². The van der Waals surface area contributed by atoms with Crippen molar-refractivity contribution in [2.24, 2.45) is 5.41 Å². The summed E-state index contributed by atoms with van der Waals surface area (Å²) in [5, 5.41) is 0.896. The Balaban J connectivity index is 1.52. The standard InChI is InChI=1S/C23H22N2O2S/c1-23(2)13-17-21(19(26)14-23)28-22(24-17)25-10-11-27-20-12-16(8-9-18(20)25)15-6-4-3-5-7-15/h3-9,12H,10-11,13-14H2,1-2H3. The van der Waals surface area contributed by atoms with Crippen LogP contribution in [0.5, 0.6) is 5.75 Å². The lowest BCUT2D eigenvalue weighted by atomic mass is 9.78. The highest BCUT2D eigenvalue weighted by Crippen LogP contribution is 2.44. The quantitative estimate of drug-likeness (QED) is 0.580. The van der Waals surface area contributed by atoms with E-state index in [-0.39, 0.29) is 11.2 Å². The zero-order valence-corrected chi connectivity index (χ0v) is 16.9. The second-order valence-corrected chi connectivity index (χ2v) is 9.24. The molecule has 2 aliphatic rings. The van der Waals surface area contributed by atoms with E-state index in [1.807, 2.05) is 18.2 Å². The molecule has 28 heavy (non-hydrogen) atoms. The summed E-state index contributed by atoms with van der Waals surface area (Å²) in [5.41, 5.74) is 4.27. The lowest BCUT2D eigenvalue weighted by molar-refractivity contribution is 0.0916. The number of benzene rings is 2. The Kier molecular flexibility index (Phi) is 4.02. The number of carbonyl (C=O) groups excluding carboxylic acids is 1. The molecule has 3 aromatic rings. The van der Waals surface area contributed by atoms with Gasteiger partial charge in [-0.15, -0.1) is 0 Å². The number of anilines is 2. The minimum atomic E-state index is -0.0110. The molecule has 4 nitrogen and oxygen atoms in total. The fourth-order valence-electron chi connectivity index (χ4n) is 4.05. The molecule has 142 valence electrons. The van der Waals surface area contributed by atoms with Gasteiger partial charge in [-0.25, -0.2) is 4.98 Å². The molecule has 0 saturated heterocycles. The molecule has 0 unspecified atom stereocenters. The van der Waals surface area contributed by atoms with E-state index < -0.39 is 0 Å². The number of aromatic nitrogens is 1. The molecule has 0 fully saturated rings. The maximum Gasteiger partial charge on any atom is 0.190 e.